The Morgan fingerprint density at radius 1 is 1.15 bits per heavy atom. The molecule has 1 fully saturated rings. The van der Waals surface area contributed by atoms with Gasteiger partial charge in [0.25, 0.3) is 0 Å². The highest BCUT2D eigenvalue weighted by Gasteiger charge is 2.20. The topological polar surface area (TPSA) is 29.3 Å². The van der Waals surface area contributed by atoms with Crippen molar-refractivity contribution in [1.29, 1.82) is 0 Å². The Kier molecular flexibility index (Phi) is 3.93. The van der Waals surface area contributed by atoms with Gasteiger partial charge < -0.3 is 5.73 Å². The van der Waals surface area contributed by atoms with E-state index in [1.165, 1.54) is 42.1 Å². The van der Waals surface area contributed by atoms with E-state index in [1.807, 2.05) is 0 Å². The minimum absolute atomic E-state index is 0.914. The third-order valence-corrected chi connectivity index (χ3v) is 4.59. The standard InChI is InChI=1S/C18H24N2/c1-2-20(12-14-6-5-7-14)13-17-10-15-8-3-4-9-16(15)11-18(17)19/h3-4,8-11,14H,2,5-7,12-13,19H2,1H3. The predicted molar refractivity (Wildman–Crippen MR) is 86.7 cm³/mol. The first-order chi connectivity index (χ1) is 9.76. The van der Waals surface area contributed by atoms with E-state index in [-0.39, 0.29) is 0 Å². The van der Waals surface area contributed by atoms with Crippen LogP contribution in [0.25, 0.3) is 10.8 Å². The normalized spacial score (nSPS) is 15.7. The zero-order valence-corrected chi connectivity index (χ0v) is 12.3. The molecule has 0 radical (unpaired) electrons. The van der Waals surface area contributed by atoms with Gasteiger partial charge in [-0.1, -0.05) is 37.6 Å². The summed E-state index contributed by atoms with van der Waals surface area (Å²) < 4.78 is 0. The molecule has 0 aliphatic heterocycles. The summed E-state index contributed by atoms with van der Waals surface area (Å²) in [7, 11) is 0. The molecule has 1 aliphatic rings. The number of benzene rings is 2. The SMILES string of the molecule is CCN(Cc1cc2ccccc2cc1N)CC1CCC1. The first-order valence-corrected chi connectivity index (χ1v) is 7.75. The highest BCUT2D eigenvalue weighted by atomic mass is 15.1. The van der Waals surface area contributed by atoms with E-state index in [0.29, 0.717) is 0 Å². The van der Waals surface area contributed by atoms with Crippen molar-refractivity contribution >= 4 is 16.5 Å². The number of hydrogen-bond acceptors (Lipinski definition) is 2. The van der Waals surface area contributed by atoms with Crippen molar-refractivity contribution in [3.8, 4) is 0 Å². The van der Waals surface area contributed by atoms with Crippen LogP contribution in [-0.4, -0.2) is 18.0 Å². The number of hydrogen-bond donors (Lipinski definition) is 1. The monoisotopic (exact) mass is 268 g/mol. The van der Waals surface area contributed by atoms with Crippen LogP contribution in [0.1, 0.15) is 31.7 Å². The summed E-state index contributed by atoms with van der Waals surface area (Å²) in [6.07, 6.45) is 4.23. The lowest BCUT2D eigenvalue weighted by molar-refractivity contribution is 0.178. The second-order valence-electron chi connectivity index (χ2n) is 6.02. The quantitative estimate of drug-likeness (QED) is 0.829. The third-order valence-electron chi connectivity index (χ3n) is 4.59. The highest BCUT2D eigenvalue weighted by Crippen LogP contribution is 2.28. The highest BCUT2D eigenvalue weighted by molar-refractivity contribution is 5.86. The molecule has 3 rings (SSSR count). The van der Waals surface area contributed by atoms with Gasteiger partial charge in [0.1, 0.15) is 0 Å². The Labute approximate surface area is 121 Å². The minimum Gasteiger partial charge on any atom is -0.398 e. The molecule has 2 heteroatoms. The number of fused-ring (bicyclic) bond motifs is 1. The van der Waals surface area contributed by atoms with Crippen LogP contribution in [0.5, 0.6) is 0 Å². The zero-order chi connectivity index (χ0) is 13.9. The molecule has 0 unspecified atom stereocenters. The maximum Gasteiger partial charge on any atom is 0.0366 e. The predicted octanol–water partition coefficient (Wildman–Crippen LogP) is 4.04. The minimum atomic E-state index is 0.914. The molecule has 0 amide bonds. The molecule has 106 valence electrons. The number of nitrogen functional groups attached to an aromatic ring is 1. The van der Waals surface area contributed by atoms with Gasteiger partial charge in [-0.05, 0) is 53.8 Å². The summed E-state index contributed by atoms with van der Waals surface area (Å²) in [4.78, 5) is 2.53. The molecule has 2 aromatic rings. The maximum atomic E-state index is 6.24. The fourth-order valence-electron chi connectivity index (χ4n) is 3.03. The Bertz CT molecular complexity index is 587. The van der Waals surface area contributed by atoms with Crippen molar-refractivity contribution in [2.45, 2.75) is 32.7 Å². The van der Waals surface area contributed by atoms with E-state index < -0.39 is 0 Å². The Hall–Kier alpha value is -1.54. The van der Waals surface area contributed by atoms with Crippen LogP contribution < -0.4 is 5.73 Å². The van der Waals surface area contributed by atoms with Gasteiger partial charge >= 0.3 is 0 Å². The molecule has 0 saturated heterocycles. The van der Waals surface area contributed by atoms with Gasteiger partial charge in [-0.3, -0.25) is 4.90 Å². The van der Waals surface area contributed by atoms with Crippen molar-refractivity contribution in [1.82, 2.24) is 4.90 Å². The molecule has 2 aromatic carbocycles. The van der Waals surface area contributed by atoms with E-state index in [1.54, 1.807) is 0 Å². The molecule has 2 N–H and O–H groups in total. The molecule has 1 aliphatic carbocycles. The van der Waals surface area contributed by atoms with Gasteiger partial charge in [-0.2, -0.15) is 0 Å². The van der Waals surface area contributed by atoms with Gasteiger partial charge in [-0.15, -0.1) is 0 Å². The van der Waals surface area contributed by atoms with Crippen LogP contribution in [0.3, 0.4) is 0 Å². The summed E-state index contributed by atoms with van der Waals surface area (Å²) in [5.41, 5.74) is 8.44. The first-order valence-electron chi connectivity index (χ1n) is 7.75. The number of nitrogens with two attached hydrogens (primary N) is 1. The van der Waals surface area contributed by atoms with Gasteiger partial charge in [-0.25, -0.2) is 0 Å². The lowest BCUT2D eigenvalue weighted by Gasteiger charge is -2.32. The molecule has 0 spiro atoms. The van der Waals surface area contributed by atoms with Gasteiger partial charge in [0.15, 0.2) is 0 Å². The molecule has 2 nitrogen and oxygen atoms in total. The van der Waals surface area contributed by atoms with Crippen LogP contribution in [0.2, 0.25) is 0 Å². The van der Waals surface area contributed by atoms with Gasteiger partial charge in [0.05, 0.1) is 0 Å². The van der Waals surface area contributed by atoms with E-state index in [4.69, 9.17) is 5.73 Å². The van der Waals surface area contributed by atoms with Crippen molar-refractivity contribution in [2.75, 3.05) is 18.8 Å². The molecule has 0 heterocycles. The van der Waals surface area contributed by atoms with Gasteiger partial charge in [0, 0.05) is 18.8 Å². The third kappa shape index (κ3) is 2.80. The van der Waals surface area contributed by atoms with Crippen LogP contribution in [0, 0.1) is 5.92 Å². The van der Waals surface area contributed by atoms with Crippen LogP contribution >= 0.6 is 0 Å². The number of anilines is 1. The van der Waals surface area contributed by atoms with Gasteiger partial charge in [0.2, 0.25) is 0 Å². The van der Waals surface area contributed by atoms with Crippen molar-refractivity contribution < 1.29 is 0 Å². The van der Waals surface area contributed by atoms with Crippen LogP contribution in [-0.2, 0) is 6.54 Å². The fraction of sp³-hybridized carbons (Fsp3) is 0.444. The Balaban J connectivity index is 1.79. The van der Waals surface area contributed by atoms with E-state index >= 15 is 0 Å². The largest absolute Gasteiger partial charge is 0.398 e. The summed E-state index contributed by atoms with van der Waals surface area (Å²) >= 11 is 0. The average Bonchev–Trinajstić information content (AvgIpc) is 2.41. The number of nitrogens with zero attached hydrogens (tertiary/aromatic N) is 1. The lowest BCUT2D eigenvalue weighted by atomic mass is 9.85. The summed E-state index contributed by atoms with van der Waals surface area (Å²) in [6.45, 7) is 5.55. The van der Waals surface area contributed by atoms with Crippen molar-refractivity contribution in [3.63, 3.8) is 0 Å². The van der Waals surface area contributed by atoms with Crippen molar-refractivity contribution in [3.05, 3.63) is 42.0 Å². The fourth-order valence-corrected chi connectivity index (χ4v) is 3.03. The zero-order valence-electron chi connectivity index (χ0n) is 12.3. The molecular weight excluding hydrogens is 244 g/mol. The molecule has 0 bridgehead atoms. The van der Waals surface area contributed by atoms with Crippen molar-refractivity contribution in [2.24, 2.45) is 5.92 Å². The molecule has 20 heavy (non-hydrogen) atoms. The average molecular weight is 268 g/mol. The molecule has 1 saturated carbocycles. The molecular formula is C18H24N2. The lowest BCUT2D eigenvalue weighted by Crippen LogP contribution is -2.32. The Morgan fingerprint density at radius 3 is 2.45 bits per heavy atom. The van der Waals surface area contributed by atoms with E-state index in [0.717, 1.165) is 24.7 Å². The maximum absolute atomic E-state index is 6.24. The molecule has 0 aromatic heterocycles. The Morgan fingerprint density at radius 2 is 1.85 bits per heavy atom. The molecule has 0 atom stereocenters. The number of rotatable bonds is 5. The second kappa shape index (κ2) is 5.84. The summed E-state index contributed by atoms with van der Waals surface area (Å²) in [6, 6.07) is 12.8. The summed E-state index contributed by atoms with van der Waals surface area (Å²) in [5, 5.41) is 2.52. The summed E-state index contributed by atoms with van der Waals surface area (Å²) in [5.74, 6) is 0.914. The van der Waals surface area contributed by atoms with E-state index in [9.17, 15) is 0 Å². The van der Waals surface area contributed by atoms with E-state index in [2.05, 4.69) is 48.2 Å². The smallest absolute Gasteiger partial charge is 0.0366 e. The van der Waals surface area contributed by atoms with Crippen LogP contribution in [0.4, 0.5) is 5.69 Å². The van der Waals surface area contributed by atoms with Crippen LogP contribution in [0.15, 0.2) is 36.4 Å². The first kappa shape index (κ1) is 13.4. The second-order valence-corrected chi connectivity index (χ2v) is 6.02.